The quantitative estimate of drug-likeness (QED) is 0.523. The lowest BCUT2D eigenvalue weighted by Gasteiger charge is -2.35. The van der Waals surface area contributed by atoms with Gasteiger partial charge in [0.2, 0.25) is 0 Å². The maximum atomic E-state index is 14.1. The molecule has 0 radical (unpaired) electrons. The number of amides is 3. The van der Waals surface area contributed by atoms with Gasteiger partial charge in [-0.2, -0.15) is 26.3 Å². The van der Waals surface area contributed by atoms with Crippen LogP contribution in [-0.2, 0) is 12.1 Å². The number of carbonyl (C=O) groups excluding carboxylic acids is 2. The second-order valence-corrected chi connectivity index (χ2v) is 8.16. The van der Waals surface area contributed by atoms with Crippen molar-refractivity contribution in [1.82, 2.24) is 9.80 Å². The molecular formula is C22H21F7N4O3. The van der Waals surface area contributed by atoms with Gasteiger partial charge in [-0.1, -0.05) is 24.3 Å². The fourth-order valence-electron chi connectivity index (χ4n) is 3.77. The zero-order chi connectivity index (χ0) is 26.9. The van der Waals surface area contributed by atoms with Crippen molar-refractivity contribution < 1.29 is 45.4 Å². The van der Waals surface area contributed by atoms with Crippen molar-refractivity contribution in [3.05, 3.63) is 65.0 Å². The molecule has 36 heavy (non-hydrogen) atoms. The second kappa shape index (κ2) is 9.93. The average Bonchev–Trinajstić information content (AvgIpc) is 2.78. The second-order valence-electron chi connectivity index (χ2n) is 8.16. The zero-order valence-electron chi connectivity index (χ0n) is 18.5. The van der Waals surface area contributed by atoms with Crippen LogP contribution in [0.1, 0.15) is 21.5 Å². The van der Waals surface area contributed by atoms with Gasteiger partial charge in [0.25, 0.3) is 11.5 Å². The van der Waals surface area contributed by atoms with E-state index in [4.69, 9.17) is 5.73 Å². The first-order chi connectivity index (χ1) is 16.6. The summed E-state index contributed by atoms with van der Waals surface area (Å²) in [6, 6.07) is 5.84. The molecule has 1 heterocycles. The average molecular weight is 522 g/mol. The van der Waals surface area contributed by atoms with E-state index in [2.05, 4.69) is 5.32 Å². The summed E-state index contributed by atoms with van der Waals surface area (Å²) < 4.78 is 92.2. The van der Waals surface area contributed by atoms with E-state index in [0.29, 0.717) is 30.8 Å². The van der Waals surface area contributed by atoms with Crippen LogP contribution in [0.4, 0.5) is 41.2 Å². The molecule has 0 aromatic heterocycles. The highest BCUT2D eigenvalue weighted by molar-refractivity contribution is 5.95. The molecule has 7 nitrogen and oxygen atoms in total. The lowest BCUT2D eigenvalue weighted by Crippen LogP contribution is -2.53. The number of carbonyl (C=O) groups is 2. The van der Waals surface area contributed by atoms with Crippen molar-refractivity contribution in [2.24, 2.45) is 5.73 Å². The molecule has 14 heteroatoms. The van der Waals surface area contributed by atoms with Crippen LogP contribution < -0.4 is 11.1 Å². The largest absolute Gasteiger partial charge is 0.430 e. The Morgan fingerprint density at radius 2 is 1.47 bits per heavy atom. The molecule has 1 aliphatic heterocycles. The Balaban J connectivity index is 1.61. The lowest BCUT2D eigenvalue weighted by molar-refractivity contribution is -0.376. The van der Waals surface area contributed by atoms with E-state index < -0.39 is 41.3 Å². The molecule has 2 aromatic carbocycles. The number of nitrogens with two attached hydrogens (primary N) is 1. The summed E-state index contributed by atoms with van der Waals surface area (Å²) in [5.41, 5.74) is -1.12. The molecule has 3 amide bonds. The molecular weight excluding hydrogens is 501 g/mol. The third-order valence-electron chi connectivity index (χ3n) is 5.73. The molecule has 0 unspecified atom stereocenters. The van der Waals surface area contributed by atoms with Crippen LogP contribution in [0.25, 0.3) is 0 Å². The number of anilines is 1. The van der Waals surface area contributed by atoms with Crippen molar-refractivity contribution in [1.29, 1.82) is 0 Å². The Bertz CT molecular complexity index is 1100. The summed E-state index contributed by atoms with van der Waals surface area (Å²) in [7, 11) is 0. The van der Waals surface area contributed by atoms with Gasteiger partial charge in [0.15, 0.2) is 0 Å². The summed E-state index contributed by atoms with van der Waals surface area (Å²) >= 11 is 0. The molecule has 0 spiro atoms. The molecule has 4 N–H and O–H groups in total. The van der Waals surface area contributed by atoms with E-state index in [1.165, 1.54) is 17.0 Å². The molecule has 1 fully saturated rings. The highest BCUT2D eigenvalue weighted by atomic mass is 19.4. The normalized spacial score (nSPS) is 15.6. The highest BCUT2D eigenvalue weighted by Crippen LogP contribution is 2.49. The summed E-state index contributed by atoms with van der Waals surface area (Å²) in [6.07, 6.45) is -11.9. The van der Waals surface area contributed by atoms with E-state index >= 15 is 0 Å². The molecule has 0 atom stereocenters. The van der Waals surface area contributed by atoms with Gasteiger partial charge in [-0.15, -0.1) is 0 Å². The number of alkyl halides is 6. The maximum absolute atomic E-state index is 14.1. The van der Waals surface area contributed by atoms with E-state index in [-0.39, 0.29) is 30.9 Å². The Hall–Kier alpha value is -3.39. The van der Waals surface area contributed by atoms with E-state index in [0.717, 1.165) is 18.2 Å². The van der Waals surface area contributed by atoms with Gasteiger partial charge >= 0.3 is 18.4 Å². The smallest absolute Gasteiger partial charge is 0.369 e. The fraction of sp³-hybridized carbons (Fsp3) is 0.364. The van der Waals surface area contributed by atoms with E-state index in [1.54, 1.807) is 0 Å². The van der Waals surface area contributed by atoms with Crippen LogP contribution >= 0.6 is 0 Å². The van der Waals surface area contributed by atoms with Gasteiger partial charge in [-0.05, 0) is 23.8 Å². The number of urea groups is 1. The topological polar surface area (TPSA) is 98.9 Å². The van der Waals surface area contributed by atoms with Crippen LogP contribution in [-0.4, -0.2) is 65.4 Å². The number of nitrogens with zero attached hydrogens (tertiary/aromatic N) is 2. The fourth-order valence-corrected chi connectivity index (χ4v) is 3.77. The number of piperazine rings is 1. The van der Waals surface area contributed by atoms with Gasteiger partial charge in [0.05, 0.1) is 5.69 Å². The Labute approximate surface area is 200 Å². The van der Waals surface area contributed by atoms with Crippen molar-refractivity contribution in [2.75, 3.05) is 31.5 Å². The van der Waals surface area contributed by atoms with Crippen LogP contribution in [0.3, 0.4) is 0 Å². The predicted molar refractivity (Wildman–Crippen MR) is 113 cm³/mol. The van der Waals surface area contributed by atoms with Crippen LogP contribution in [0.2, 0.25) is 0 Å². The number of aliphatic hydroxyl groups is 1. The first-order valence-corrected chi connectivity index (χ1v) is 10.5. The summed E-state index contributed by atoms with van der Waals surface area (Å²) in [5.74, 6) is -1.30. The van der Waals surface area contributed by atoms with Crippen LogP contribution in [0.5, 0.6) is 0 Å². The Morgan fingerprint density at radius 1 is 0.917 bits per heavy atom. The Kier molecular flexibility index (Phi) is 7.50. The number of benzene rings is 2. The number of primary amides is 1. The van der Waals surface area contributed by atoms with Gasteiger partial charge in [-0.3, -0.25) is 9.69 Å². The SMILES string of the molecule is NC(=O)Nc1ccc(C(=O)N2CCN(Cc3ccc(C(O)(C(F)(F)F)C(F)(F)F)cc3)CC2)cc1F. The van der Waals surface area contributed by atoms with Gasteiger partial charge in [-0.25, -0.2) is 9.18 Å². The van der Waals surface area contributed by atoms with Crippen molar-refractivity contribution in [2.45, 2.75) is 24.5 Å². The number of rotatable bonds is 5. The monoisotopic (exact) mass is 522 g/mol. The third kappa shape index (κ3) is 5.54. The minimum atomic E-state index is -5.96. The highest BCUT2D eigenvalue weighted by Gasteiger charge is 2.71. The van der Waals surface area contributed by atoms with E-state index in [9.17, 15) is 45.4 Å². The van der Waals surface area contributed by atoms with E-state index in [1.807, 2.05) is 4.90 Å². The third-order valence-corrected chi connectivity index (χ3v) is 5.73. The first-order valence-electron chi connectivity index (χ1n) is 10.5. The number of nitrogens with one attached hydrogen (secondary N) is 1. The van der Waals surface area contributed by atoms with Crippen LogP contribution in [0.15, 0.2) is 42.5 Å². The molecule has 0 bridgehead atoms. The minimum Gasteiger partial charge on any atom is -0.369 e. The van der Waals surface area contributed by atoms with Gasteiger partial charge in [0.1, 0.15) is 5.82 Å². The molecule has 3 rings (SSSR count). The van der Waals surface area contributed by atoms with Crippen LogP contribution in [0, 0.1) is 5.82 Å². The molecule has 0 saturated carbocycles. The number of hydrogen-bond acceptors (Lipinski definition) is 4. The first kappa shape index (κ1) is 27.2. The number of halogens is 7. The van der Waals surface area contributed by atoms with Gasteiger partial charge in [0, 0.05) is 43.9 Å². The summed E-state index contributed by atoms with van der Waals surface area (Å²) in [5, 5.41) is 11.5. The summed E-state index contributed by atoms with van der Waals surface area (Å²) in [4.78, 5) is 26.8. The zero-order valence-corrected chi connectivity index (χ0v) is 18.5. The van der Waals surface area contributed by atoms with Crippen molar-refractivity contribution in [3.8, 4) is 0 Å². The maximum Gasteiger partial charge on any atom is 0.430 e. The minimum absolute atomic E-state index is 0.0494. The van der Waals surface area contributed by atoms with Crippen molar-refractivity contribution >= 4 is 17.6 Å². The molecule has 2 aromatic rings. The molecule has 1 saturated heterocycles. The summed E-state index contributed by atoms with van der Waals surface area (Å²) in [6.45, 7) is 1.34. The van der Waals surface area contributed by atoms with Crippen molar-refractivity contribution in [3.63, 3.8) is 0 Å². The molecule has 0 aliphatic carbocycles. The number of hydrogen-bond donors (Lipinski definition) is 3. The predicted octanol–water partition coefficient (Wildman–Crippen LogP) is 3.59. The lowest BCUT2D eigenvalue weighted by atomic mass is 9.91. The van der Waals surface area contributed by atoms with Gasteiger partial charge < -0.3 is 21.1 Å². The Morgan fingerprint density at radius 3 is 1.94 bits per heavy atom. The molecule has 1 aliphatic rings. The molecule has 196 valence electrons. The standard InChI is InChI=1S/C22H21F7N4O3/c23-16-11-14(3-6-17(16)31-19(30)35)18(34)33-9-7-32(8-10-33)12-13-1-4-15(5-2-13)20(36,21(24,25)26)22(27,28)29/h1-6,11,36H,7-10,12H2,(H3,30,31,35).